The van der Waals surface area contributed by atoms with Gasteiger partial charge in [0.15, 0.2) is 0 Å². The number of nitrogens with zero attached hydrogens (tertiary/aromatic N) is 2. The van der Waals surface area contributed by atoms with E-state index in [1.54, 1.807) is 0 Å². The average Bonchev–Trinajstić information content (AvgIpc) is 2.62. The Balaban J connectivity index is 2.32. The van der Waals surface area contributed by atoms with Gasteiger partial charge in [-0.2, -0.15) is 5.10 Å². The maximum absolute atomic E-state index is 4.41. The molecule has 2 bridgehead atoms. The topological polar surface area (TPSA) is 17.8 Å². The van der Waals surface area contributed by atoms with Crippen molar-refractivity contribution in [2.75, 3.05) is 0 Å². The van der Waals surface area contributed by atoms with E-state index in [1.165, 1.54) is 24.1 Å². The summed E-state index contributed by atoms with van der Waals surface area (Å²) in [5.41, 5.74) is 3.81. The molecule has 0 amide bonds. The number of aryl methyl sites for hydroxylation is 1. The largest absolute Gasteiger partial charge is 0.272 e. The van der Waals surface area contributed by atoms with Crippen LogP contribution >= 0.6 is 0 Å². The molecule has 0 aliphatic heterocycles. The third kappa shape index (κ3) is 0.626. The highest BCUT2D eigenvalue weighted by atomic mass is 15.3. The fourth-order valence-electron chi connectivity index (χ4n) is 3.85. The molecule has 2 heteroatoms. The Hall–Kier alpha value is -0.790. The minimum atomic E-state index is 0.359. The molecule has 1 aromatic rings. The van der Waals surface area contributed by atoms with Gasteiger partial charge in [-0.1, -0.05) is 20.8 Å². The second-order valence-electron chi connectivity index (χ2n) is 5.72. The first kappa shape index (κ1) is 8.51. The second kappa shape index (κ2) is 2.07. The van der Waals surface area contributed by atoms with Crippen molar-refractivity contribution >= 4 is 0 Å². The number of aromatic nitrogens is 2. The molecule has 1 aromatic heterocycles. The van der Waals surface area contributed by atoms with E-state index in [4.69, 9.17) is 0 Å². The summed E-state index contributed by atoms with van der Waals surface area (Å²) in [7, 11) is 2.08. The summed E-state index contributed by atoms with van der Waals surface area (Å²) < 4.78 is 2.09. The van der Waals surface area contributed by atoms with Crippen LogP contribution in [0.4, 0.5) is 0 Å². The van der Waals surface area contributed by atoms with Crippen molar-refractivity contribution in [2.45, 2.75) is 44.9 Å². The van der Waals surface area contributed by atoms with E-state index in [2.05, 4.69) is 43.8 Å². The number of rotatable bonds is 0. The maximum atomic E-state index is 4.41. The summed E-state index contributed by atoms with van der Waals surface area (Å²) in [5.74, 6) is 0.746. The molecule has 2 aliphatic rings. The molecule has 3 rings (SSSR count). The van der Waals surface area contributed by atoms with Gasteiger partial charge in [0.25, 0.3) is 0 Å². The lowest BCUT2D eigenvalue weighted by Crippen LogP contribution is -2.33. The van der Waals surface area contributed by atoms with Crippen LogP contribution in [0.2, 0.25) is 0 Å². The van der Waals surface area contributed by atoms with Crippen molar-refractivity contribution < 1.29 is 0 Å². The summed E-state index contributed by atoms with van der Waals surface area (Å²) >= 11 is 0. The van der Waals surface area contributed by atoms with Gasteiger partial charge in [-0.15, -0.1) is 0 Å². The van der Waals surface area contributed by atoms with Crippen LogP contribution in [0.5, 0.6) is 0 Å². The zero-order valence-corrected chi connectivity index (χ0v) is 9.46. The highest BCUT2D eigenvalue weighted by Gasteiger charge is 2.61. The fourth-order valence-corrected chi connectivity index (χ4v) is 3.85. The Labute approximate surface area is 85.3 Å². The molecule has 14 heavy (non-hydrogen) atoms. The smallest absolute Gasteiger partial charge is 0.0527 e. The zero-order chi connectivity index (χ0) is 10.1. The van der Waals surface area contributed by atoms with Crippen LogP contribution in [0.1, 0.15) is 50.8 Å². The van der Waals surface area contributed by atoms with Crippen LogP contribution < -0.4 is 0 Å². The van der Waals surface area contributed by atoms with Crippen LogP contribution in [0, 0.1) is 5.41 Å². The Bertz CT molecular complexity index is 402. The van der Waals surface area contributed by atoms with Crippen molar-refractivity contribution in [3.63, 3.8) is 0 Å². The van der Waals surface area contributed by atoms with E-state index >= 15 is 0 Å². The molecule has 0 saturated heterocycles. The number of fused-ring (bicyclic) bond motifs is 5. The minimum Gasteiger partial charge on any atom is -0.272 e. The standard InChI is InChI=1S/C12H18N2/c1-11(2)9-5-6-12(11,3)10-8(9)7-13-14(10)4/h7,9H,5-6H2,1-4H3/t9-,12+/m1/s1. The molecule has 76 valence electrons. The highest BCUT2D eigenvalue weighted by molar-refractivity contribution is 5.44. The van der Waals surface area contributed by atoms with E-state index in [0.717, 1.165) is 5.92 Å². The third-order valence-electron chi connectivity index (χ3n) is 5.09. The van der Waals surface area contributed by atoms with Gasteiger partial charge in [0.05, 0.1) is 6.20 Å². The van der Waals surface area contributed by atoms with Gasteiger partial charge in [-0.05, 0) is 29.7 Å². The molecule has 0 radical (unpaired) electrons. The summed E-state index contributed by atoms with van der Waals surface area (Å²) in [6.07, 6.45) is 4.77. The Morgan fingerprint density at radius 3 is 2.79 bits per heavy atom. The molecule has 0 unspecified atom stereocenters. The van der Waals surface area contributed by atoms with Crippen molar-refractivity contribution in [1.82, 2.24) is 9.78 Å². The predicted octanol–water partition coefficient (Wildman–Crippen LogP) is 2.60. The average molecular weight is 190 g/mol. The molecule has 0 N–H and O–H groups in total. The normalized spacial score (nSPS) is 37.6. The van der Waals surface area contributed by atoms with Crippen LogP contribution in [0.25, 0.3) is 0 Å². The van der Waals surface area contributed by atoms with Crippen molar-refractivity contribution in [1.29, 1.82) is 0 Å². The van der Waals surface area contributed by atoms with Crippen LogP contribution in [-0.2, 0) is 12.5 Å². The zero-order valence-electron chi connectivity index (χ0n) is 9.46. The molecule has 0 aromatic carbocycles. The van der Waals surface area contributed by atoms with Gasteiger partial charge in [0.2, 0.25) is 0 Å². The van der Waals surface area contributed by atoms with Gasteiger partial charge in [0, 0.05) is 18.2 Å². The highest BCUT2D eigenvalue weighted by Crippen LogP contribution is 2.67. The Morgan fingerprint density at radius 2 is 2.14 bits per heavy atom. The lowest BCUT2D eigenvalue weighted by atomic mass is 9.70. The van der Waals surface area contributed by atoms with E-state index in [9.17, 15) is 0 Å². The molecule has 2 nitrogen and oxygen atoms in total. The van der Waals surface area contributed by atoms with E-state index in [-0.39, 0.29) is 0 Å². The predicted molar refractivity (Wildman–Crippen MR) is 56.3 cm³/mol. The van der Waals surface area contributed by atoms with Crippen LogP contribution in [0.15, 0.2) is 6.20 Å². The first-order valence-electron chi connectivity index (χ1n) is 5.51. The second-order valence-corrected chi connectivity index (χ2v) is 5.72. The summed E-state index contributed by atoms with van der Waals surface area (Å²) in [4.78, 5) is 0. The SMILES string of the molecule is Cn1ncc2c1[C@]1(C)CC[C@H]2C1(C)C. The maximum Gasteiger partial charge on any atom is 0.0527 e. The van der Waals surface area contributed by atoms with E-state index < -0.39 is 0 Å². The lowest BCUT2D eigenvalue weighted by molar-refractivity contribution is 0.220. The number of hydrogen-bond donors (Lipinski definition) is 0. The first-order chi connectivity index (χ1) is 6.48. The molecule has 1 saturated carbocycles. The van der Waals surface area contributed by atoms with E-state index in [1.807, 2.05) is 0 Å². The monoisotopic (exact) mass is 190 g/mol. The van der Waals surface area contributed by atoms with Crippen LogP contribution in [0.3, 0.4) is 0 Å². The van der Waals surface area contributed by atoms with Crippen molar-refractivity contribution in [3.8, 4) is 0 Å². The summed E-state index contributed by atoms with van der Waals surface area (Å²) in [5, 5.41) is 4.41. The molecule has 1 heterocycles. The molecule has 1 fully saturated rings. The van der Waals surface area contributed by atoms with Gasteiger partial charge >= 0.3 is 0 Å². The molecular weight excluding hydrogens is 172 g/mol. The summed E-state index contributed by atoms with van der Waals surface area (Å²) in [6.45, 7) is 7.26. The quantitative estimate of drug-likeness (QED) is 0.615. The minimum absolute atomic E-state index is 0.359. The first-order valence-corrected chi connectivity index (χ1v) is 5.51. The van der Waals surface area contributed by atoms with E-state index in [0.29, 0.717) is 10.8 Å². The van der Waals surface area contributed by atoms with Gasteiger partial charge in [-0.25, -0.2) is 0 Å². The third-order valence-corrected chi connectivity index (χ3v) is 5.09. The lowest BCUT2D eigenvalue weighted by Gasteiger charge is -2.35. The van der Waals surface area contributed by atoms with Gasteiger partial charge in [-0.3, -0.25) is 4.68 Å². The molecular formula is C12H18N2. The summed E-state index contributed by atoms with van der Waals surface area (Å²) in [6, 6.07) is 0. The van der Waals surface area contributed by atoms with Crippen molar-refractivity contribution in [3.05, 3.63) is 17.5 Å². The Kier molecular flexibility index (Phi) is 1.26. The van der Waals surface area contributed by atoms with Gasteiger partial charge in [0.1, 0.15) is 0 Å². The molecule has 2 aliphatic carbocycles. The number of hydrogen-bond acceptors (Lipinski definition) is 1. The molecule has 2 atom stereocenters. The van der Waals surface area contributed by atoms with Crippen molar-refractivity contribution in [2.24, 2.45) is 12.5 Å². The fraction of sp³-hybridized carbons (Fsp3) is 0.750. The molecule has 0 spiro atoms. The Morgan fingerprint density at radius 1 is 1.43 bits per heavy atom. The van der Waals surface area contributed by atoms with Gasteiger partial charge < -0.3 is 0 Å². The van der Waals surface area contributed by atoms with Crippen LogP contribution in [-0.4, -0.2) is 9.78 Å².